The summed E-state index contributed by atoms with van der Waals surface area (Å²) in [7, 11) is 0. The van der Waals surface area contributed by atoms with E-state index in [9.17, 15) is 9.59 Å². The molecule has 4 aromatic rings. The third-order valence-corrected chi connectivity index (χ3v) is 4.03. The molecule has 7 heteroatoms. The van der Waals surface area contributed by atoms with Crippen LogP contribution in [-0.4, -0.2) is 17.5 Å². The van der Waals surface area contributed by atoms with E-state index >= 15 is 0 Å². The first kappa shape index (κ1) is 15.9. The average Bonchev–Trinajstić information content (AvgIpc) is 2.66. The molecule has 2 aromatic carbocycles. The van der Waals surface area contributed by atoms with E-state index in [0.29, 0.717) is 27.8 Å². The second-order valence-electron chi connectivity index (χ2n) is 5.80. The monoisotopic (exact) mass is 351 g/mol. The minimum absolute atomic E-state index is 0.0760. The summed E-state index contributed by atoms with van der Waals surface area (Å²) in [6.07, 6.45) is 0. The van der Waals surface area contributed by atoms with Crippen LogP contribution in [0.4, 0.5) is 0 Å². The van der Waals surface area contributed by atoms with E-state index in [-0.39, 0.29) is 28.6 Å². The molecule has 0 atom stereocenters. The molecule has 0 aliphatic rings. The molecule has 26 heavy (non-hydrogen) atoms. The van der Waals surface area contributed by atoms with Crippen molar-refractivity contribution in [3.8, 4) is 5.75 Å². The van der Waals surface area contributed by atoms with Gasteiger partial charge in [0.15, 0.2) is 0 Å². The topological polar surface area (TPSA) is 102 Å². The first-order valence-electron chi connectivity index (χ1n) is 7.81. The van der Waals surface area contributed by atoms with Gasteiger partial charge in [0.1, 0.15) is 23.5 Å². The summed E-state index contributed by atoms with van der Waals surface area (Å²) in [4.78, 5) is 25.2. The van der Waals surface area contributed by atoms with Gasteiger partial charge in [0.05, 0.1) is 16.5 Å². The van der Waals surface area contributed by atoms with E-state index in [1.165, 1.54) is 6.07 Å². The maximum Gasteiger partial charge on any atom is 0.380 e. The van der Waals surface area contributed by atoms with Gasteiger partial charge >= 0.3 is 5.63 Å². The Morgan fingerprint density at radius 1 is 1.08 bits per heavy atom. The summed E-state index contributed by atoms with van der Waals surface area (Å²) in [6, 6.07) is 11.5. The van der Waals surface area contributed by atoms with Crippen LogP contribution >= 0.6 is 0 Å². The Labute approximate surface area is 145 Å². The Balaban J connectivity index is 1.98. The average molecular weight is 351 g/mol. The summed E-state index contributed by atoms with van der Waals surface area (Å²) in [5.41, 5.74) is -0.238. The molecule has 0 amide bonds. The van der Waals surface area contributed by atoms with E-state index in [2.05, 4.69) is 5.16 Å². The maximum absolute atomic E-state index is 12.9. The number of ether oxygens (including phenoxy) is 1. The largest absolute Gasteiger partial charge is 0.487 e. The van der Waals surface area contributed by atoms with Gasteiger partial charge in [0, 0.05) is 11.5 Å². The van der Waals surface area contributed by atoms with Crippen molar-refractivity contribution in [2.24, 2.45) is 5.16 Å². The van der Waals surface area contributed by atoms with Crippen LogP contribution in [0.3, 0.4) is 0 Å². The normalized spacial score (nSPS) is 12.1. The van der Waals surface area contributed by atoms with Gasteiger partial charge in [-0.15, -0.1) is 0 Å². The smallest absolute Gasteiger partial charge is 0.380 e. The molecule has 7 nitrogen and oxygen atoms in total. The second kappa shape index (κ2) is 6.03. The van der Waals surface area contributed by atoms with Gasteiger partial charge in [-0.05, 0) is 25.1 Å². The van der Waals surface area contributed by atoms with E-state index in [0.717, 1.165) is 0 Å². The quantitative estimate of drug-likeness (QED) is 0.152. The summed E-state index contributed by atoms with van der Waals surface area (Å²) in [5, 5.41) is 12.7. The molecule has 0 fully saturated rings. The zero-order chi connectivity index (χ0) is 18.3. The van der Waals surface area contributed by atoms with Crippen LogP contribution in [0.5, 0.6) is 5.75 Å². The Bertz CT molecular complexity index is 1300. The van der Waals surface area contributed by atoms with Crippen LogP contribution in [0.2, 0.25) is 0 Å². The first-order chi connectivity index (χ1) is 12.6. The number of hydrogen-bond acceptors (Lipinski definition) is 7. The standard InChI is InChI=1S/C19H13NO6/c1-10(20-23)9-24-11-6-7-13-15(8-11)25-18-16(17(13)21)12-4-2-3-5-14(12)26-19(18)22/h2-8,23H,9H2,1H3/b20-10+. The van der Waals surface area contributed by atoms with Crippen LogP contribution in [0.25, 0.3) is 32.9 Å². The molecule has 0 radical (unpaired) electrons. The van der Waals surface area contributed by atoms with Crippen molar-refractivity contribution in [3.63, 3.8) is 0 Å². The lowest BCUT2D eigenvalue weighted by Gasteiger charge is -2.07. The fraction of sp³-hybridized carbons (Fsp3) is 0.105. The van der Waals surface area contributed by atoms with Gasteiger partial charge < -0.3 is 18.8 Å². The zero-order valence-electron chi connectivity index (χ0n) is 13.7. The molecular weight excluding hydrogens is 338 g/mol. The second-order valence-corrected chi connectivity index (χ2v) is 5.80. The van der Waals surface area contributed by atoms with Crippen molar-refractivity contribution in [3.05, 3.63) is 63.1 Å². The number of para-hydroxylation sites is 1. The summed E-state index contributed by atoms with van der Waals surface area (Å²) in [6.45, 7) is 1.68. The van der Waals surface area contributed by atoms with Crippen LogP contribution in [0, 0.1) is 0 Å². The third kappa shape index (κ3) is 2.50. The molecular formula is C19H13NO6. The van der Waals surface area contributed by atoms with Crippen LogP contribution in [0.1, 0.15) is 6.92 Å². The molecule has 0 aliphatic carbocycles. The lowest BCUT2D eigenvalue weighted by atomic mass is 10.1. The van der Waals surface area contributed by atoms with E-state index in [1.54, 1.807) is 43.3 Å². The Kier molecular flexibility index (Phi) is 3.69. The highest BCUT2D eigenvalue weighted by Crippen LogP contribution is 2.25. The Hall–Kier alpha value is -3.61. The molecule has 0 saturated heterocycles. The predicted octanol–water partition coefficient (Wildman–Crippen LogP) is 3.28. The summed E-state index contributed by atoms with van der Waals surface area (Å²) >= 11 is 0. The van der Waals surface area contributed by atoms with Crippen LogP contribution in [-0.2, 0) is 0 Å². The highest BCUT2D eigenvalue weighted by atomic mass is 16.5. The van der Waals surface area contributed by atoms with Gasteiger partial charge in [-0.25, -0.2) is 4.79 Å². The fourth-order valence-corrected chi connectivity index (χ4v) is 2.78. The Morgan fingerprint density at radius 3 is 2.69 bits per heavy atom. The SMILES string of the molecule is C/C(COc1ccc2c(=O)c3c(oc2c1)c(=O)oc1ccccc13)=N\O. The molecule has 2 aromatic heterocycles. The summed E-state index contributed by atoms with van der Waals surface area (Å²) in [5.74, 6) is 0.410. The molecule has 4 rings (SSSR count). The number of hydrogen-bond donors (Lipinski definition) is 1. The van der Waals surface area contributed by atoms with Crippen LogP contribution in [0.15, 0.2) is 66.0 Å². The lowest BCUT2D eigenvalue weighted by molar-refractivity contribution is 0.307. The highest BCUT2D eigenvalue weighted by Gasteiger charge is 2.16. The third-order valence-electron chi connectivity index (χ3n) is 4.03. The van der Waals surface area contributed by atoms with Crippen molar-refractivity contribution in [2.75, 3.05) is 6.61 Å². The van der Waals surface area contributed by atoms with Crippen LogP contribution < -0.4 is 15.8 Å². The molecule has 0 bridgehead atoms. The van der Waals surface area contributed by atoms with Crippen molar-refractivity contribution >= 4 is 38.6 Å². The minimum atomic E-state index is -0.715. The van der Waals surface area contributed by atoms with Gasteiger partial charge in [-0.1, -0.05) is 23.4 Å². The number of nitrogens with zero attached hydrogens (tertiary/aromatic N) is 1. The van der Waals surface area contributed by atoms with E-state index in [1.807, 2.05) is 0 Å². The zero-order valence-corrected chi connectivity index (χ0v) is 13.7. The maximum atomic E-state index is 12.9. The van der Waals surface area contributed by atoms with Crippen molar-refractivity contribution in [1.82, 2.24) is 0 Å². The fourth-order valence-electron chi connectivity index (χ4n) is 2.78. The minimum Gasteiger partial charge on any atom is -0.487 e. The Morgan fingerprint density at radius 2 is 1.88 bits per heavy atom. The number of fused-ring (bicyclic) bond motifs is 4. The highest BCUT2D eigenvalue weighted by molar-refractivity contribution is 6.05. The summed E-state index contributed by atoms with van der Waals surface area (Å²) < 4.78 is 16.4. The van der Waals surface area contributed by atoms with Crippen molar-refractivity contribution < 1.29 is 18.8 Å². The molecule has 2 heterocycles. The molecule has 0 unspecified atom stereocenters. The van der Waals surface area contributed by atoms with Crippen molar-refractivity contribution in [1.29, 1.82) is 0 Å². The number of benzene rings is 2. The lowest BCUT2D eigenvalue weighted by Crippen LogP contribution is -2.10. The number of rotatable bonds is 3. The van der Waals surface area contributed by atoms with E-state index in [4.69, 9.17) is 18.8 Å². The van der Waals surface area contributed by atoms with Gasteiger partial charge in [0.25, 0.3) is 0 Å². The molecule has 0 saturated carbocycles. The van der Waals surface area contributed by atoms with Gasteiger partial charge in [-0.3, -0.25) is 4.79 Å². The molecule has 130 valence electrons. The molecule has 1 N–H and O–H groups in total. The van der Waals surface area contributed by atoms with Crippen molar-refractivity contribution in [2.45, 2.75) is 6.92 Å². The van der Waals surface area contributed by atoms with E-state index < -0.39 is 5.63 Å². The number of oxime groups is 1. The first-order valence-corrected chi connectivity index (χ1v) is 7.81. The van der Waals surface area contributed by atoms with Gasteiger partial charge in [0.2, 0.25) is 11.0 Å². The molecule has 0 aliphatic heterocycles. The predicted molar refractivity (Wildman–Crippen MR) is 96.4 cm³/mol. The molecule has 0 spiro atoms. The van der Waals surface area contributed by atoms with Gasteiger partial charge in [-0.2, -0.15) is 0 Å².